The van der Waals surface area contributed by atoms with Crippen LogP contribution in [0.15, 0.2) is 5.16 Å². The third-order valence-electron chi connectivity index (χ3n) is 4.42. The predicted octanol–water partition coefficient (Wildman–Crippen LogP) is 2.62. The number of anilines is 2. The number of aliphatic carboxylic acids is 1. The number of rotatable bonds is 6. The maximum absolute atomic E-state index is 11.6. The Morgan fingerprint density at radius 3 is 2.77 bits per heavy atom. The van der Waals surface area contributed by atoms with Crippen LogP contribution in [0.4, 0.5) is 11.5 Å². The number of nitrogens with zero attached hydrogens (tertiary/aromatic N) is 2. The topological polar surface area (TPSA) is 120 Å². The molecular weight excluding hydrogens is 380 g/mol. The Labute approximate surface area is 161 Å². The molecule has 0 radical (unpaired) electrons. The van der Waals surface area contributed by atoms with Gasteiger partial charge in [0.15, 0.2) is 21.9 Å². The van der Waals surface area contributed by atoms with Crippen molar-refractivity contribution in [2.45, 2.75) is 62.8 Å². The van der Waals surface area contributed by atoms with Gasteiger partial charge < -0.3 is 25.6 Å². The van der Waals surface area contributed by atoms with Gasteiger partial charge in [-0.2, -0.15) is 0 Å². The van der Waals surface area contributed by atoms with Gasteiger partial charge in [0.25, 0.3) is 0 Å². The van der Waals surface area contributed by atoms with Crippen molar-refractivity contribution in [2.24, 2.45) is 5.92 Å². The van der Waals surface area contributed by atoms with Crippen LogP contribution in [0.5, 0.6) is 0 Å². The van der Waals surface area contributed by atoms with Crippen molar-refractivity contribution >= 4 is 40.8 Å². The second-order valence-corrected chi connectivity index (χ2v) is 8.32. The SMILES string of the molecule is CCCSc1nc(Cl)c(N)c(NC2CC(C(=O)O)C3OC(C)(C)OC23)n1. The summed E-state index contributed by atoms with van der Waals surface area (Å²) in [6.45, 7) is 5.61. The van der Waals surface area contributed by atoms with Gasteiger partial charge >= 0.3 is 5.97 Å². The Balaban J connectivity index is 1.84. The zero-order valence-electron chi connectivity index (χ0n) is 14.9. The van der Waals surface area contributed by atoms with E-state index < -0.39 is 29.9 Å². The molecule has 1 aromatic heterocycles. The number of ether oxygens (including phenoxy) is 2. The minimum Gasteiger partial charge on any atom is -0.481 e. The fraction of sp³-hybridized carbons (Fsp3) is 0.688. The molecule has 4 N–H and O–H groups in total. The maximum atomic E-state index is 11.6. The number of hydrogen-bond donors (Lipinski definition) is 3. The number of halogens is 1. The third-order valence-corrected chi connectivity index (χ3v) is 5.76. The van der Waals surface area contributed by atoms with Gasteiger partial charge in [-0.3, -0.25) is 4.79 Å². The highest BCUT2D eigenvalue weighted by molar-refractivity contribution is 7.99. The molecule has 0 amide bonds. The highest BCUT2D eigenvalue weighted by Crippen LogP contribution is 2.43. The minimum absolute atomic E-state index is 0.175. The van der Waals surface area contributed by atoms with Crippen LogP contribution in [0.3, 0.4) is 0 Å². The Kier molecular flexibility index (Phi) is 5.53. The smallest absolute Gasteiger partial charge is 0.309 e. The third kappa shape index (κ3) is 3.85. The molecule has 2 fully saturated rings. The molecule has 1 aromatic rings. The number of aromatic nitrogens is 2. The summed E-state index contributed by atoms with van der Waals surface area (Å²) in [5, 5.41) is 13.4. The number of carboxylic acid groups (broad SMARTS) is 1. The van der Waals surface area contributed by atoms with Crippen molar-refractivity contribution in [3.05, 3.63) is 5.15 Å². The number of nitrogens with one attached hydrogen (secondary N) is 1. The second-order valence-electron chi connectivity index (χ2n) is 6.90. The largest absolute Gasteiger partial charge is 0.481 e. The summed E-state index contributed by atoms with van der Waals surface area (Å²) in [5.41, 5.74) is 6.26. The van der Waals surface area contributed by atoms with Crippen molar-refractivity contribution in [1.29, 1.82) is 0 Å². The molecule has 10 heteroatoms. The van der Waals surface area contributed by atoms with Crippen LogP contribution in [0.1, 0.15) is 33.6 Å². The quantitative estimate of drug-likeness (QED) is 0.374. The molecule has 1 saturated heterocycles. The van der Waals surface area contributed by atoms with E-state index in [4.69, 9.17) is 26.8 Å². The number of hydrogen-bond acceptors (Lipinski definition) is 8. The van der Waals surface area contributed by atoms with E-state index in [1.54, 1.807) is 13.8 Å². The van der Waals surface area contributed by atoms with E-state index in [1.807, 2.05) is 0 Å². The summed E-state index contributed by atoms with van der Waals surface area (Å²) in [6, 6.07) is -0.305. The summed E-state index contributed by atoms with van der Waals surface area (Å²) < 4.78 is 11.7. The number of carbonyl (C=O) groups is 1. The average molecular weight is 403 g/mol. The standard InChI is InChI=1S/C16H23ClN4O4S/c1-4-5-26-15-20-12(17)9(18)13(21-15)19-8-6-7(14(22)23)10-11(8)25-16(2,3)24-10/h7-8,10-11H,4-6,18H2,1-3H3,(H,22,23)(H,19,20,21). The Morgan fingerprint density at radius 2 is 2.12 bits per heavy atom. The van der Waals surface area contributed by atoms with Gasteiger partial charge in [-0.25, -0.2) is 9.97 Å². The minimum atomic E-state index is -0.904. The van der Waals surface area contributed by atoms with Crippen LogP contribution < -0.4 is 11.1 Å². The Bertz CT molecular complexity index is 705. The second kappa shape index (κ2) is 7.38. The Morgan fingerprint density at radius 1 is 1.42 bits per heavy atom. The van der Waals surface area contributed by atoms with Crippen LogP contribution >= 0.6 is 23.4 Å². The summed E-state index contributed by atoms with van der Waals surface area (Å²) >= 11 is 7.63. The lowest BCUT2D eigenvalue weighted by Crippen LogP contribution is -2.35. The van der Waals surface area contributed by atoms with E-state index in [1.165, 1.54) is 11.8 Å². The monoisotopic (exact) mass is 402 g/mol. The van der Waals surface area contributed by atoms with Gasteiger partial charge in [0, 0.05) is 5.75 Å². The molecule has 4 unspecified atom stereocenters. The van der Waals surface area contributed by atoms with Crippen LogP contribution in [0.2, 0.25) is 5.15 Å². The van der Waals surface area contributed by atoms with Gasteiger partial charge in [0.05, 0.1) is 12.0 Å². The number of carboxylic acids is 1. The van der Waals surface area contributed by atoms with E-state index in [0.29, 0.717) is 17.4 Å². The summed E-state index contributed by atoms with van der Waals surface area (Å²) in [5.74, 6) is -1.14. The first-order valence-electron chi connectivity index (χ1n) is 8.52. The first-order valence-corrected chi connectivity index (χ1v) is 9.89. The van der Waals surface area contributed by atoms with Crippen molar-refractivity contribution in [1.82, 2.24) is 9.97 Å². The van der Waals surface area contributed by atoms with Crippen molar-refractivity contribution in [3.63, 3.8) is 0 Å². The fourth-order valence-electron chi connectivity index (χ4n) is 3.33. The summed E-state index contributed by atoms with van der Waals surface area (Å²) in [7, 11) is 0. The highest BCUT2D eigenvalue weighted by Gasteiger charge is 2.56. The van der Waals surface area contributed by atoms with E-state index >= 15 is 0 Å². The highest BCUT2D eigenvalue weighted by atomic mass is 35.5. The molecule has 3 rings (SSSR count). The molecular formula is C16H23ClN4O4S. The van der Waals surface area contributed by atoms with E-state index in [0.717, 1.165) is 12.2 Å². The lowest BCUT2D eigenvalue weighted by Gasteiger charge is -2.24. The predicted molar refractivity (Wildman–Crippen MR) is 99.4 cm³/mol. The summed E-state index contributed by atoms with van der Waals surface area (Å²) in [6.07, 6.45) is 0.392. The van der Waals surface area contributed by atoms with Gasteiger partial charge in [-0.05, 0) is 26.7 Å². The first kappa shape index (κ1) is 19.5. The number of nitrogens with two attached hydrogens (primary N) is 1. The summed E-state index contributed by atoms with van der Waals surface area (Å²) in [4.78, 5) is 20.2. The lowest BCUT2D eigenvalue weighted by atomic mass is 10.1. The molecule has 4 atom stereocenters. The molecule has 0 bridgehead atoms. The van der Waals surface area contributed by atoms with Crippen LogP contribution in [-0.4, -0.2) is 50.8 Å². The molecule has 1 aliphatic carbocycles. The maximum Gasteiger partial charge on any atom is 0.309 e. The van der Waals surface area contributed by atoms with Gasteiger partial charge in [-0.1, -0.05) is 30.3 Å². The number of thioether (sulfide) groups is 1. The van der Waals surface area contributed by atoms with Crippen molar-refractivity contribution in [3.8, 4) is 0 Å². The zero-order valence-corrected chi connectivity index (χ0v) is 16.4. The van der Waals surface area contributed by atoms with Crippen molar-refractivity contribution < 1.29 is 19.4 Å². The van der Waals surface area contributed by atoms with E-state index in [-0.39, 0.29) is 16.9 Å². The molecule has 8 nitrogen and oxygen atoms in total. The number of nitrogen functional groups attached to an aromatic ring is 1. The van der Waals surface area contributed by atoms with Gasteiger partial charge in [-0.15, -0.1) is 0 Å². The van der Waals surface area contributed by atoms with E-state index in [2.05, 4.69) is 22.2 Å². The molecule has 0 aromatic carbocycles. The normalized spacial score (nSPS) is 29.5. The first-order chi connectivity index (χ1) is 12.2. The number of fused-ring (bicyclic) bond motifs is 1. The molecule has 144 valence electrons. The average Bonchev–Trinajstić information content (AvgIpc) is 3.03. The molecule has 1 saturated carbocycles. The fourth-order valence-corrected chi connectivity index (χ4v) is 4.25. The van der Waals surface area contributed by atoms with Crippen LogP contribution in [-0.2, 0) is 14.3 Å². The van der Waals surface area contributed by atoms with Crippen molar-refractivity contribution in [2.75, 3.05) is 16.8 Å². The molecule has 1 aliphatic heterocycles. The van der Waals surface area contributed by atoms with Gasteiger partial charge in [0.1, 0.15) is 17.9 Å². The van der Waals surface area contributed by atoms with Crippen LogP contribution in [0.25, 0.3) is 0 Å². The Hall–Kier alpha value is -1.29. The molecule has 2 heterocycles. The molecule has 26 heavy (non-hydrogen) atoms. The van der Waals surface area contributed by atoms with Gasteiger partial charge in [0.2, 0.25) is 0 Å². The zero-order chi connectivity index (χ0) is 19.1. The molecule has 2 aliphatic rings. The lowest BCUT2D eigenvalue weighted by molar-refractivity contribution is -0.165. The van der Waals surface area contributed by atoms with E-state index in [9.17, 15) is 9.90 Å². The van der Waals surface area contributed by atoms with Crippen LogP contribution in [0, 0.1) is 5.92 Å². The molecule has 0 spiro atoms.